The van der Waals surface area contributed by atoms with Crippen LogP contribution in [0.4, 0.5) is 0 Å². The molecule has 43 valence electrons. The molecule has 0 fully saturated rings. The quantitative estimate of drug-likeness (QED) is 0.552. The fourth-order valence-corrected chi connectivity index (χ4v) is 0.263. The third-order valence-electron chi connectivity index (χ3n) is 0.474. The summed E-state index contributed by atoms with van der Waals surface area (Å²) in [6, 6.07) is 0. The average Bonchev–Trinajstić information content (AvgIpc) is 1.30. The molecule has 0 unspecified atom stereocenters. The molecule has 0 atom stereocenters. The van der Waals surface area contributed by atoms with Gasteiger partial charge in [-0.05, 0) is 13.8 Å². The highest BCUT2D eigenvalue weighted by molar-refractivity contribution is 4.69. The monoisotopic (exact) mass is 102 g/mol. The molecule has 0 rings (SSSR count). The van der Waals surface area contributed by atoms with Crippen molar-refractivity contribution in [1.82, 2.24) is 0 Å². The second-order valence-corrected chi connectivity index (χ2v) is 2.34. The number of nitrogens with two attached hydrogens (primary N) is 1. The molecule has 0 aromatic rings. The molecule has 0 amide bonds. The summed E-state index contributed by atoms with van der Waals surface area (Å²) >= 11 is 0. The summed E-state index contributed by atoms with van der Waals surface area (Å²) in [5.74, 6) is 0. The molecular formula is C5H12NO. The molecule has 0 spiro atoms. The normalized spacial score (nSPS) is 12.0. The first-order valence-corrected chi connectivity index (χ1v) is 2.22. The molecule has 0 aliphatic carbocycles. The molecule has 0 bridgehead atoms. The molecule has 7 heavy (non-hydrogen) atoms. The Balaban J connectivity index is 3.15. The molecule has 2 N–H and O–H groups in total. The van der Waals surface area contributed by atoms with Crippen LogP contribution in [0, 0.1) is 7.11 Å². The maximum Gasteiger partial charge on any atom is 0.0701 e. The van der Waals surface area contributed by atoms with Crippen molar-refractivity contribution in [1.29, 1.82) is 0 Å². The van der Waals surface area contributed by atoms with Crippen molar-refractivity contribution in [3.63, 3.8) is 0 Å². The van der Waals surface area contributed by atoms with E-state index in [0.29, 0.717) is 6.61 Å². The lowest BCUT2D eigenvalue weighted by Gasteiger charge is -2.15. The Morgan fingerprint density at radius 2 is 2.14 bits per heavy atom. The van der Waals surface area contributed by atoms with Crippen LogP contribution in [-0.4, -0.2) is 12.1 Å². The van der Waals surface area contributed by atoms with Crippen LogP contribution >= 0.6 is 0 Å². The van der Waals surface area contributed by atoms with E-state index in [4.69, 9.17) is 5.73 Å². The summed E-state index contributed by atoms with van der Waals surface area (Å²) in [5.41, 5.74) is 5.25. The smallest absolute Gasteiger partial charge is 0.0701 e. The summed E-state index contributed by atoms with van der Waals surface area (Å²) in [6.45, 7) is 4.28. The van der Waals surface area contributed by atoms with Crippen molar-refractivity contribution in [2.24, 2.45) is 5.73 Å². The van der Waals surface area contributed by atoms with Crippen LogP contribution in [0.1, 0.15) is 13.8 Å². The molecule has 0 saturated carbocycles. The Bertz CT molecular complexity index is 46.5. The highest BCUT2D eigenvalue weighted by atomic mass is 16.5. The molecule has 0 heterocycles. The zero-order chi connectivity index (χ0) is 5.91. The van der Waals surface area contributed by atoms with Crippen LogP contribution < -0.4 is 5.73 Å². The molecule has 1 radical (unpaired) electrons. The average molecular weight is 102 g/mol. The lowest BCUT2D eigenvalue weighted by molar-refractivity contribution is 0.184. The first kappa shape index (κ1) is 6.92. The van der Waals surface area contributed by atoms with E-state index in [1.165, 1.54) is 0 Å². The van der Waals surface area contributed by atoms with Gasteiger partial charge in [0.2, 0.25) is 0 Å². The van der Waals surface area contributed by atoms with Gasteiger partial charge >= 0.3 is 0 Å². The first-order valence-electron chi connectivity index (χ1n) is 2.22. The largest absolute Gasteiger partial charge is 0.377 e. The topological polar surface area (TPSA) is 35.2 Å². The minimum Gasteiger partial charge on any atom is -0.377 e. The van der Waals surface area contributed by atoms with Gasteiger partial charge in [-0.1, -0.05) is 0 Å². The summed E-state index contributed by atoms with van der Waals surface area (Å²) in [7, 11) is 3.19. The summed E-state index contributed by atoms with van der Waals surface area (Å²) in [6.07, 6.45) is 0. The van der Waals surface area contributed by atoms with Gasteiger partial charge in [0.15, 0.2) is 0 Å². The Kier molecular flexibility index (Phi) is 2.26. The predicted molar refractivity (Wildman–Crippen MR) is 29.6 cm³/mol. The van der Waals surface area contributed by atoms with E-state index >= 15 is 0 Å². The minimum absolute atomic E-state index is 0.234. The van der Waals surface area contributed by atoms with E-state index in [-0.39, 0.29) is 5.54 Å². The number of ether oxygens (including phenoxy) is 1. The lowest BCUT2D eigenvalue weighted by Crippen LogP contribution is -2.36. The summed E-state index contributed by atoms with van der Waals surface area (Å²) in [4.78, 5) is 0. The molecule has 0 aromatic heterocycles. The Morgan fingerprint density at radius 3 is 2.14 bits per heavy atom. The van der Waals surface area contributed by atoms with Gasteiger partial charge in [0.05, 0.1) is 13.7 Å². The molecule has 0 saturated heterocycles. The number of rotatable bonds is 2. The van der Waals surface area contributed by atoms with Gasteiger partial charge in [0.1, 0.15) is 0 Å². The molecule has 0 aliphatic rings. The number of hydrogen-bond acceptors (Lipinski definition) is 2. The van der Waals surface area contributed by atoms with Crippen molar-refractivity contribution in [3.8, 4) is 0 Å². The molecule has 2 nitrogen and oxygen atoms in total. The lowest BCUT2D eigenvalue weighted by atomic mass is 10.1. The van der Waals surface area contributed by atoms with Crippen LogP contribution in [0.25, 0.3) is 0 Å². The van der Waals surface area contributed by atoms with E-state index in [1.54, 1.807) is 0 Å². The van der Waals surface area contributed by atoms with Crippen LogP contribution in [0.5, 0.6) is 0 Å². The molecule has 2 heteroatoms. The summed E-state index contributed by atoms with van der Waals surface area (Å²) in [5, 5.41) is 0. The van der Waals surface area contributed by atoms with E-state index in [9.17, 15) is 0 Å². The van der Waals surface area contributed by atoms with Crippen molar-refractivity contribution >= 4 is 0 Å². The molecule has 0 aliphatic heterocycles. The highest BCUT2D eigenvalue weighted by Gasteiger charge is 2.07. The van der Waals surface area contributed by atoms with Crippen LogP contribution in [0.2, 0.25) is 0 Å². The van der Waals surface area contributed by atoms with Crippen LogP contribution in [0.3, 0.4) is 0 Å². The van der Waals surface area contributed by atoms with Gasteiger partial charge in [-0.2, -0.15) is 0 Å². The van der Waals surface area contributed by atoms with Gasteiger partial charge in [0.25, 0.3) is 0 Å². The minimum atomic E-state index is -0.234. The first-order chi connectivity index (χ1) is 3.06. The Labute approximate surface area is 44.7 Å². The fraction of sp³-hybridized carbons (Fsp3) is 0.800. The third-order valence-corrected chi connectivity index (χ3v) is 0.474. The van der Waals surface area contributed by atoms with Gasteiger partial charge in [-0.3, -0.25) is 0 Å². The zero-order valence-electron chi connectivity index (χ0n) is 4.90. The second-order valence-electron chi connectivity index (χ2n) is 2.34. The van der Waals surface area contributed by atoms with E-state index < -0.39 is 0 Å². The van der Waals surface area contributed by atoms with Gasteiger partial charge < -0.3 is 10.5 Å². The molecular weight excluding hydrogens is 90.1 g/mol. The summed E-state index contributed by atoms with van der Waals surface area (Å²) < 4.78 is 4.53. The van der Waals surface area contributed by atoms with Crippen LogP contribution in [0.15, 0.2) is 0 Å². The highest BCUT2D eigenvalue weighted by Crippen LogP contribution is 1.94. The van der Waals surface area contributed by atoms with Gasteiger partial charge in [-0.25, -0.2) is 0 Å². The maximum absolute atomic E-state index is 5.48. The van der Waals surface area contributed by atoms with Crippen molar-refractivity contribution < 1.29 is 4.74 Å². The van der Waals surface area contributed by atoms with Crippen molar-refractivity contribution in [2.45, 2.75) is 19.4 Å². The van der Waals surface area contributed by atoms with Gasteiger partial charge in [-0.15, -0.1) is 0 Å². The van der Waals surface area contributed by atoms with Crippen molar-refractivity contribution in [3.05, 3.63) is 7.11 Å². The van der Waals surface area contributed by atoms with Gasteiger partial charge in [0, 0.05) is 5.54 Å². The zero-order valence-corrected chi connectivity index (χ0v) is 4.90. The predicted octanol–water partition coefficient (Wildman–Crippen LogP) is 0.532. The maximum atomic E-state index is 5.48. The fourth-order valence-electron chi connectivity index (χ4n) is 0.263. The van der Waals surface area contributed by atoms with Crippen LogP contribution in [-0.2, 0) is 4.74 Å². The molecule has 0 aromatic carbocycles. The van der Waals surface area contributed by atoms with E-state index in [2.05, 4.69) is 11.8 Å². The standard InChI is InChI=1S/C5H12NO/c1-5(2,6)4-7-3/h3-4,6H2,1-2H3. The van der Waals surface area contributed by atoms with E-state index in [0.717, 1.165) is 0 Å². The second kappa shape index (κ2) is 2.28. The Hall–Kier alpha value is -0.0800. The third kappa shape index (κ3) is 5.92. The number of hydrogen-bond donors (Lipinski definition) is 1. The van der Waals surface area contributed by atoms with E-state index in [1.807, 2.05) is 13.8 Å². The Morgan fingerprint density at radius 1 is 1.71 bits per heavy atom. The SMILES string of the molecule is [CH2]OCC(C)(C)N. The van der Waals surface area contributed by atoms with Crippen molar-refractivity contribution in [2.75, 3.05) is 6.61 Å².